The van der Waals surface area contributed by atoms with Crippen LogP contribution in [0.5, 0.6) is 0 Å². The van der Waals surface area contributed by atoms with Crippen LogP contribution in [-0.4, -0.2) is 33.2 Å². The molecule has 0 spiro atoms. The molecule has 2 N–H and O–H groups in total. The van der Waals surface area contributed by atoms with Crippen molar-refractivity contribution in [2.75, 3.05) is 0 Å². The van der Waals surface area contributed by atoms with Crippen LogP contribution in [0.3, 0.4) is 0 Å². The average Bonchev–Trinajstić information content (AvgIpc) is 3.24. The summed E-state index contributed by atoms with van der Waals surface area (Å²) in [6, 6.07) is 0.476. The van der Waals surface area contributed by atoms with Crippen molar-refractivity contribution in [3.8, 4) is 0 Å². The third kappa shape index (κ3) is 3.51. The van der Waals surface area contributed by atoms with Gasteiger partial charge in [-0.15, -0.1) is 0 Å². The SMILES string of the molecule is O=C(O)C1(NC2CC2)CCCC(SC2CCCCC2)C1. The lowest BCUT2D eigenvalue weighted by molar-refractivity contribution is -0.146. The van der Waals surface area contributed by atoms with E-state index in [0.717, 1.165) is 37.4 Å². The Bertz CT molecular complexity index is 352. The first-order chi connectivity index (χ1) is 9.68. The van der Waals surface area contributed by atoms with Crippen molar-refractivity contribution >= 4 is 17.7 Å². The molecule has 2 atom stereocenters. The molecule has 0 radical (unpaired) electrons. The van der Waals surface area contributed by atoms with Crippen molar-refractivity contribution in [3.05, 3.63) is 0 Å². The molecule has 0 saturated heterocycles. The summed E-state index contributed by atoms with van der Waals surface area (Å²) >= 11 is 2.11. The van der Waals surface area contributed by atoms with E-state index in [0.29, 0.717) is 11.3 Å². The molecular weight excluding hydrogens is 270 g/mol. The summed E-state index contributed by atoms with van der Waals surface area (Å²) in [6.07, 6.45) is 13.1. The van der Waals surface area contributed by atoms with Gasteiger partial charge in [0.25, 0.3) is 0 Å². The Labute approximate surface area is 126 Å². The highest BCUT2D eigenvalue weighted by atomic mass is 32.2. The summed E-state index contributed by atoms with van der Waals surface area (Å²) in [5, 5.41) is 14.5. The van der Waals surface area contributed by atoms with Crippen molar-refractivity contribution in [2.24, 2.45) is 0 Å². The standard InChI is InChI=1S/C16H27NO2S/c18-15(19)16(17-12-8-9-12)10-4-7-14(11-16)20-13-5-2-1-3-6-13/h12-14,17H,1-11H2,(H,18,19). The van der Waals surface area contributed by atoms with Crippen molar-refractivity contribution < 1.29 is 9.90 Å². The van der Waals surface area contributed by atoms with Gasteiger partial charge in [-0.25, -0.2) is 0 Å². The first-order valence-electron chi connectivity index (χ1n) is 8.34. The summed E-state index contributed by atoms with van der Waals surface area (Å²) in [5.74, 6) is -0.613. The predicted molar refractivity (Wildman–Crippen MR) is 83.2 cm³/mol. The fraction of sp³-hybridized carbons (Fsp3) is 0.938. The van der Waals surface area contributed by atoms with Gasteiger partial charge in [0.15, 0.2) is 0 Å². The van der Waals surface area contributed by atoms with Crippen molar-refractivity contribution in [1.82, 2.24) is 5.32 Å². The van der Waals surface area contributed by atoms with Crippen LogP contribution in [0.25, 0.3) is 0 Å². The molecule has 0 aromatic rings. The maximum absolute atomic E-state index is 11.8. The Kier molecular flexibility index (Phi) is 4.61. The quantitative estimate of drug-likeness (QED) is 0.814. The molecule has 3 aliphatic rings. The lowest BCUT2D eigenvalue weighted by Crippen LogP contribution is -2.56. The molecule has 0 aliphatic heterocycles. The van der Waals surface area contributed by atoms with Crippen LogP contribution in [0.15, 0.2) is 0 Å². The van der Waals surface area contributed by atoms with E-state index in [9.17, 15) is 9.90 Å². The van der Waals surface area contributed by atoms with E-state index in [1.165, 1.54) is 38.5 Å². The zero-order valence-corrected chi connectivity index (χ0v) is 13.1. The normalized spacial score (nSPS) is 35.9. The van der Waals surface area contributed by atoms with E-state index >= 15 is 0 Å². The molecule has 0 amide bonds. The largest absolute Gasteiger partial charge is 0.480 e. The first-order valence-corrected chi connectivity index (χ1v) is 9.29. The smallest absolute Gasteiger partial charge is 0.323 e. The van der Waals surface area contributed by atoms with Gasteiger partial charge in [-0.3, -0.25) is 10.1 Å². The molecule has 4 heteroatoms. The van der Waals surface area contributed by atoms with Crippen LogP contribution in [0.1, 0.15) is 70.6 Å². The van der Waals surface area contributed by atoms with Crippen molar-refractivity contribution in [3.63, 3.8) is 0 Å². The van der Waals surface area contributed by atoms with E-state index < -0.39 is 11.5 Å². The van der Waals surface area contributed by atoms with Gasteiger partial charge in [-0.05, 0) is 51.4 Å². The topological polar surface area (TPSA) is 49.3 Å². The lowest BCUT2D eigenvalue weighted by atomic mass is 9.81. The van der Waals surface area contributed by atoms with Crippen LogP contribution >= 0.6 is 11.8 Å². The number of hydrogen-bond donors (Lipinski definition) is 2. The number of carboxylic acid groups (broad SMARTS) is 1. The minimum absolute atomic E-state index is 0.476. The number of carbonyl (C=O) groups is 1. The molecule has 0 bridgehead atoms. The molecular formula is C16H27NO2S. The Balaban J connectivity index is 1.59. The second-order valence-corrected chi connectivity index (χ2v) is 8.53. The highest BCUT2D eigenvalue weighted by Gasteiger charge is 2.46. The van der Waals surface area contributed by atoms with Crippen molar-refractivity contribution in [2.45, 2.75) is 92.7 Å². The number of aliphatic carboxylic acids is 1. The van der Waals surface area contributed by atoms with E-state index in [2.05, 4.69) is 17.1 Å². The van der Waals surface area contributed by atoms with Crippen molar-refractivity contribution in [1.29, 1.82) is 0 Å². The van der Waals surface area contributed by atoms with Gasteiger partial charge in [0.05, 0.1) is 0 Å². The van der Waals surface area contributed by atoms with E-state index in [-0.39, 0.29) is 0 Å². The third-order valence-corrected chi connectivity index (χ3v) is 6.75. The molecule has 3 aliphatic carbocycles. The first kappa shape index (κ1) is 14.7. The van der Waals surface area contributed by atoms with Crippen LogP contribution in [0.2, 0.25) is 0 Å². The predicted octanol–water partition coefficient (Wildman–Crippen LogP) is 3.57. The van der Waals surface area contributed by atoms with Gasteiger partial charge in [-0.1, -0.05) is 19.3 Å². The van der Waals surface area contributed by atoms with Crippen LogP contribution < -0.4 is 5.32 Å². The molecule has 0 aromatic heterocycles. The highest BCUT2D eigenvalue weighted by Crippen LogP contribution is 2.41. The van der Waals surface area contributed by atoms with Gasteiger partial charge >= 0.3 is 5.97 Å². The maximum Gasteiger partial charge on any atom is 0.323 e. The molecule has 114 valence electrons. The zero-order valence-electron chi connectivity index (χ0n) is 12.3. The molecule has 0 aromatic carbocycles. The summed E-state index contributed by atoms with van der Waals surface area (Å²) in [4.78, 5) is 11.8. The Hall–Kier alpha value is -0.220. The Morgan fingerprint density at radius 3 is 2.35 bits per heavy atom. The summed E-state index contributed by atoms with van der Waals surface area (Å²) in [6.45, 7) is 0. The maximum atomic E-state index is 11.8. The fourth-order valence-electron chi connectivity index (χ4n) is 3.82. The van der Waals surface area contributed by atoms with E-state index in [4.69, 9.17) is 0 Å². The average molecular weight is 297 g/mol. The van der Waals surface area contributed by atoms with Crippen LogP contribution in [-0.2, 0) is 4.79 Å². The Morgan fingerprint density at radius 1 is 1.00 bits per heavy atom. The fourth-order valence-corrected chi connectivity index (χ4v) is 5.65. The number of rotatable bonds is 5. The zero-order chi connectivity index (χ0) is 14.0. The molecule has 3 fully saturated rings. The second-order valence-electron chi connectivity index (χ2n) is 6.92. The molecule has 2 unspecified atom stereocenters. The lowest BCUT2D eigenvalue weighted by Gasteiger charge is -2.39. The number of carboxylic acids is 1. The summed E-state index contributed by atoms with van der Waals surface area (Å²) in [5.41, 5.74) is -0.619. The number of nitrogens with one attached hydrogen (secondary N) is 1. The minimum Gasteiger partial charge on any atom is -0.480 e. The molecule has 3 nitrogen and oxygen atoms in total. The third-order valence-electron chi connectivity index (χ3n) is 5.11. The molecule has 0 heterocycles. The molecule has 20 heavy (non-hydrogen) atoms. The summed E-state index contributed by atoms with van der Waals surface area (Å²) < 4.78 is 0. The van der Waals surface area contributed by atoms with Crippen LogP contribution in [0.4, 0.5) is 0 Å². The van der Waals surface area contributed by atoms with Crippen LogP contribution in [0, 0.1) is 0 Å². The minimum atomic E-state index is -0.619. The highest BCUT2D eigenvalue weighted by molar-refractivity contribution is 8.00. The second kappa shape index (κ2) is 6.27. The van der Waals surface area contributed by atoms with Gasteiger partial charge in [-0.2, -0.15) is 11.8 Å². The van der Waals surface area contributed by atoms with Gasteiger partial charge in [0.2, 0.25) is 0 Å². The monoisotopic (exact) mass is 297 g/mol. The molecule has 3 saturated carbocycles. The van der Waals surface area contributed by atoms with Gasteiger partial charge < -0.3 is 5.11 Å². The van der Waals surface area contributed by atoms with Gasteiger partial charge in [0, 0.05) is 16.5 Å². The number of hydrogen-bond acceptors (Lipinski definition) is 3. The molecule has 3 rings (SSSR count). The van der Waals surface area contributed by atoms with E-state index in [1.54, 1.807) is 0 Å². The van der Waals surface area contributed by atoms with Gasteiger partial charge in [0.1, 0.15) is 5.54 Å². The Morgan fingerprint density at radius 2 is 1.70 bits per heavy atom. The van der Waals surface area contributed by atoms with E-state index in [1.807, 2.05) is 0 Å². The summed E-state index contributed by atoms with van der Waals surface area (Å²) in [7, 11) is 0. The number of thioether (sulfide) groups is 1.